The van der Waals surface area contributed by atoms with E-state index in [0.717, 1.165) is 12.5 Å². The lowest BCUT2D eigenvalue weighted by molar-refractivity contribution is -0.129. The highest BCUT2D eigenvalue weighted by atomic mass is 35.5. The predicted molar refractivity (Wildman–Crippen MR) is 66.5 cm³/mol. The number of amides is 1. The number of carbonyl (C=O) groups excluding carboxylic acids is 1. The maximum atomic E-state index is 13.4. The van der Waals surface area contributed by atoms with Gasteiger partial charge in [-0.2, -0.15) is 0 Å². The van der Waals surface area contributed by atoms with Crippen LogP contribution in [-0.2, 0) is 11.2 Å². The van der Waals surface area contributed by atoms with Crippen LogP contribution in [0.5, 0.6) is 0 Å². The van der Waals surface area contributed by atoms with Gasteiger partial charge in [0.2, 0.25) is 5.91 Å². The lowest BCUT2D eigenvalue weighted by atomic mass is 10.1. The lowest BCUT2D eigenvalue weighted by Gasteiger charge is -2.15. The molecule has 0 saturated carbocycles. The Kier molecular flexibility index (Phi) is 5.04. The number of halogens is 3. The third kappa shape index (κ3) is 3.17. The second kappa shape index (κ2) is 6.11. The predicted octanol–water partition coefficient (Wildman–Crippen LogP) is 1.49. The Morgan fingerprint density at radius 1 is 1.44 bits per heavy atom. The van der Waals surface area contributed by atoms with E-state index in [9.17, 15) is 13.6 Å². The van der Waals surface area contributed by atoms with E-state index >= 15 is 0 Å². The molecule has 1 aliphatic heterocycles. The molecular weight excluding hydrogens is 262 g/mol. The van der Waals surface area contributed by atoms with Crippen molar-refractivity contribution in [2.75, 3.05) is 13.1 Å². The van der Waals surface area contributed by atoms with Crippen molar-refractivity contribution in [2.24, 2.45) is 5.73 Å². The van der Waals surface area contributed by atoms with Gasteiger partial charge in [-0.1, -0.05) is 12.1 Å². The molecule has 1 fully saturated rings. The summed E-state index contributed by atoms with van der Waals surface area (Å²) in [6.45, 7) is 1.09. The first-order valence-corrected chi connectivity index (χ1v) is 5.54. The van der Waals surface area contributed by atoms with Gasteiger partial charge in [0, 0.05) is 24.7 Å². The van der Waals surface area contributed by atoms with Gasteiger partial charge in [-0.25, -0.2) is 8.78 Å². The summed E-state index contributed by atoms with van der Waals surface area (Å²) in [7, 11) is 0. The van der Waals surface area contributed by atoms with E-state index in [1.807, 2.05) is 0 Å². The summed E-state index contributed by atoms with van der Waals surface area (Å²) in [5.74, 6) is -2.07. The second-order valence-corrected chi connectivity index (χ2v) is 4.28. The number of carbonyl (C=O) groups is 1. The average Bonchev–Trinajstić information content (AvgIpc) is 2.72. The largest absolute Gasteiger partial charge is 0.341 e. The van der Waals surface area contributed by atoms with Crippen LogP contribution in [0.15, 0.2) is 18.2 Å². The molecule has 18 heavy (non-hydrogen) atoms. The van der Waals surface area contributed by atoms with Gasteiger partial charge in [0.1, 0.15) is 0 Å². The van der Waals surface area contributed by atoms with Crippen LogP contribution in [-0.4, -0.2) is 29.9 Å². The quantitative estimate of drug-likeness (QED) is 0.890. The molecule has 100 valence electrons. The second-order valence-electron chi connectivity index (χ2n) is 4.28. The molecule has 0 unspecified atom stereocenters. The van der Waals surface area contributed by atoms with Crippen LogP contribution >= 0.6 is 12.4 Å². The van der Waals surface area contributed by atoms with Crippen molar-refractivity contribution in [2.45, 2.75) is 18.9 Å². The number of benzene rings is 1. The van der Waals surface area contributed by atoms with Crippen molar-refractivity contribution in [3.05, 3.63) is 35.4 Å². The number of nitrogens with zero attached hydrogens (tertiary/aromatic N) is 1. The summed E-state index contributed by atoms with van der Waals surface area (Å²) in [5, 5.41) is 0. The fourth-order valence-corrected chi connectivity index (χ4v) is 1.97. The van der Waals surface area contributed by atoms with E-state index in [4.69, 9.17) is 5.73 Å². The zero-order chi connectivity index (χ0) is 12.4. The smallest absolute Gasteiger partial charge is 0.227 e. The summed E-state index contributed by atoms with van der Waals surface area (Å²) >= 11 is 0. The highest BCUT2D eigenvalue weighted by Gasteiger charge is 2.24. The number of hydrogen-bond acceptors (Lipinski definition) is 2. The van der Waals surface area contributed by atoms with Gasteiger partial charge in [-0.3, -0.25) is 4.79 Å². The van der Waals surface area contributed by atoms with Crippen molar-refractivity contribution in [3.8, 4) is 0 Å². The summed E-state index contributed by atoms with van der Waals surface area (Å²) in [6, 6.07) is 3.86. The van der Waals surface area contributed by atoms with Crippen LogP contribution in [0, 0.1) is 11.6 Å². The highest BCUT2D eigenvalue weighted by molar-refractivity contribution is 5.85. The molecule has 1 saturated heterocycles. The van der Waals surface area contributed by atoms with Crippen molar-refractivity contribution < 1.29 is 13.6 Å². The third-order valence-corrected chi connectivity index (χ3v) is 2.95. The molecule has 0 bridgehead atoms. The molecule has 3 nitrogen and oxygen atoms in total. The topological polar surface area (TPSA) is 46.3 Å². The van der Waals surface area contributed by atoms with E-state index in [2.05, 4.69) is 0 Å². The Labute approximate surface area is 110 Å². The molecule has 1 aromatic carbocycles. The van der Waals surface area contributed by atoms with Crippen LogP contribution < -0.4 is 5.73 Å². The monoisotopic (exact) mass is 276 g/mol. The van der Waals surface area contributed by atoms with Crippen LogP contribution in [0.4, 0.5) is 8.78 Å². The number of hydrogen-bond donors (Lipinski definition) is 1. The average molecular weight is 277 g/mol. The number of nitrogens with two attached hydrogens (primary N) is 1. The molecule has 1 aromatic rings. The fraction of sp³-hybridized carbons (Fsp3) is 0.417. The normalized spacial score (nSPS) is 18.6. The lowest BCUT2D eigenvalue weighted by Crippen LogP contribution is -2.33. The fourth-order valence-electron chi connectivity index (χ4n) is 1.97. The molecule has 2 rings (SSSR count). The van der Waals surface area contributed by atoms with E-state index in [-0.39, 0.29) is 36.3 Å². The molecule has 0 radical (unpaired) electrons. The van der Waals surface area contributed by atoms with Crippen LogP contribution in [0.25, 0.3) is 0 Å². The van der Waals surface area contributed by atoms with E-state index < -0.39 is 11.6 Å². The summed E-state index contributed by atoms with van der Waals surface area (Å²) in [6.07, 6.45) is 0.647. The number of rotatable bonds is 2. The molecule has 6 heteroatoms. The van der Waals surface area contributed by atoms with E-state index in [1.165, 1.54) is 12.1 Å². The Hall–Kier alpha value is -1.20. The van der Waals surface area contributed by atoms with E-state index in [1.54, 1.807) is 4.90 Å². The van der Waals surface area contributed by atoms with Crippen LogP contribution in [0.2, 0.25) is 0 Å². The van der Waals surface area contributed by atoms with Crippen molar-refractivity contribution in [1.29, 1.82) is 0 Å². The van der Waals surface area contributed by atoms with Crippen molar-refractivity contribution >= 4 is 18.3 Å². The van der Waals surface area contributed by atoms with Crippen LogP contribution in [0.1, 0.15) is 12.0 Å². The van der Waals surface area contributed by atoms with Gasteiger partial charge in [0.05, 0.1) is 6.42 Å². The first kappa shape index (κ1) is 14.9. The van der Waals surface area contributed by atoms with Crippen molar-refractivity contribution in [1.82, 2.24) is 4.90 Å². The summed E-state index contributed by atoms with van der Waals surface area (Å²) in [4.78, 5) is 13.4. The molecule has 0 aliphatic carbocycles. The first-order valence-electron chi connectivity index (χ1n) is 5.54. The minimum atomic E-state index is -0.940. The van der Waals surface area contributed by atoms with Gasteiger partial charge in [-0.05, 0) is 12.5 Å². The molecule has 0 aromatic heterocycles. The molecule has 1 heterocycles. The van der Waals surface area contributed by atoms with Crippen LogP contribution in [0.3, 0.4) is 0 Å². The number of likely N-dealkylation sites (tertiary alicyclic amines) is 1. The Morgan fingerprint density at radius 3 is 2.78 bits per heavy atom. The van der Waals surface area contributed by atoms with Gasteiger partial charge in [-0.15, -0.1) is 12.4 Å². The summed E-state index contributed by atoms with van der Waals surface area (Å²) in [5.41, 5.74) is 5.78. The molecule has 1 aliphatic rings. The molecule has 2 N–H and O–H groups in total. The molecule has 1 amide bonds. The first-order chi connectivity index (χ1) is 8.08. The molecule has 0 spiro atoms. The van der Waals surface area contributed by atoms with E-state index in [0.29, 0.717) is 13.1 Å². The maximum absolute atomic E-state index is 13.4. The minimum Gasteiger partial charge on any atom is -0.341 e. The highest BCUT2D eigenvalue weighted by Crippen LogP contribution is 2.15. The standard InChI is InChI=1S/C12H14F2N2O.ClH/c13-10-3-1-2-8(12(10)14)6-11(17)16-5-4-9(15)7-16;/h1-3,9H,4-7,15H2;1H/t9-;/m1./s1. The maximum Gasteiger partial charge on any atom is 0.227 e. The third-order valence-electron chi connectivity index (χ3n) is 2.95. The Morgan fingerprint density at radius 2 is 2.17 bits per heavy atom. The van der Waals surface area contributed by atoms with Gasteiger partial charge < -0.3 is 10.6 Å². The zero-order valence-electron chi connectivity index (χ0n) is 9.73. The molecular formula is C12H15ClF2N2O. The minimum absolute atomic E-state index is 0. The zero-order valence-corrected chi connectivity index (χ0v) is 10.6. The SMILES string of the molecule is Cl.N[C@@H]1CCN(C(=O)Cc2cccc(F)c2F)C1. The van der Waals surface area contributed by atoms with Gasteiger partial charge >= 0.3 is 0 Å². The van der Waals surface area contributed by atoms with Crippen molar-refractivity contribution in [3.63, 3.8) is 0 Å². The molecule has 1 atom stereocenters. The van der Waals surface area contributed by atoms with Gasteiger partial charge in [0.25, 0.3) is 0 Å². The van der Waals surface area contributed by atoms with Gasteiger partial charge in [0.15, 0.2) is 11.6 Å². The Balaban J connectivity index is 0.00000162. The summed E-state index contributed by atoms with van der Waals surface area (Å²) < 4.78 is 26.3. The Bertz CT molecular complexity index is 442.